The summed E-state index contributed by atoms with van der Waals surface area (Å²) < 4.78 is 18.0. The Bertz CT molecular complexity index is 995. The molecule has 1 atom stereocenters. The minimum Gasteiger partial charge on any atom is -0.453 e. The highest BCUT2D eigenvalue weighted by molar-refractivity contribution is 6.10. The molecule has 0 radical (unpaired) electrons. The Morgan fingerprint density at radius 3 is 2.56 bits per heavy atom. The molecule has 0 unspecified atom stereocenters. The van der Waals surface area contributed by atoms with Gasteiger partial charge in [-0.1, -0.05) is 18.2 Å². The number of para-hydroxylation sites is 1. The predicted molar refractivity (Wildman–Crippen MR) is 96.9 cm³/mol. The summed E-state index contributed by atoms with van der Waals surface area (Å²) in [5.41, 5.74) is 1.46. The summed E-state index contributed by atoms with van der Waals surface area (Å²) in [5.74, 6) is -2.09. The van der Waals surface area contributed by atoms with E-state index in [2.05, 4.69) is 10.3 Å². The average Bonchev–Trinajstić information content (AvgIpc) is 3.10. The highest BCUT2D eigenvalue weighted by atomic mass is 19.1. The quantitative estimate of drug-likeness (QED) is 0.517. The lowest BCUT2D eigenvalue weighted by molar-refractivity contribution is -0.145. The fourth-order valence-corrected chi connectivity index (χ4v) is 2.64. The maximum Gasteiger partial charge on any atom is 0.326 e. The molecule has 1 aromatic heterocycles. The fourth-order valence-electron chi connectivity index (χ4n) is 2.64. The summed E-state index contributed by atoms with van der Waals surface area (Å²) in [6, 6.07) is 12.2. The van der Waals surface area contributed by atoms with Crippen LogP contribution in [0, 0.1) is 5.82 Å². The van der Waals surface area contributed by atoms with Gasteiger partial charge in [-0.15, -0.1) is 0 Å². The van der Waals surface area contributed by atoms with Crippen LogP contribution in [0.15, 0.2) is 54.7 Å². The van der Waals surface area contributed by atoms with Crippen molar-refractivity contribution in [2.75, 3.05) is 6.54 Å². The van der Waals surface area contributed by atoms with Crippen LogP contribution in [0.5, 0.6) is 0 Å². The van der Waals surface area contributed by atoms with E-state index in [0.717, 1.165) is 23.0 Å². The van der Waals surface area contributed by atoms with Gasteiger partial charge < -0.3 is 15.0 Å². The zero-order chi connectivity index (χ0) is 19.4. The van der Waals surface area contributed by atoms with Crippen LogP contribution in [0.3, 0.4) is 0 Å². The lowest BCUT2D eigenvalue weighted by Crippen LogP contribution is -2.34. The SMILES string of the molecule is C[C@@H](OC(=O)CNC(=O)c1ccc(F)cc1)C(=O)c1c[nH]c2ccccc12. The van der Waals surface area contributed by atoms with E-state index in [1.54, 1.807) is 12.3 Å². The van der Waals surface area contributed by atoms with Crippen LogP contribution < -0.4 is 5.32 Å². The first-order valence-corrected chi connectivity index (χ1v) is 8.29. The highest BCUT2D eigenvalue weighted by Crippen LogP contribution is 2.19. The largest absolute Gasteiger partial charge is 0.453 e. The zero-order valence-corrected chi connectivity index (χ0v) is 14.5. The Kier molecular flexibility index (Phi) is 5.30. The van der Waals surface area contributed by atoms with Gasteiger partial charge in [-0.3, -0.25) is 14.4 Å². The van der Waals surface area contributed by atoms with Gasteiger partial charge in [-0.05, 0) is 37.3 Å². The second kappa shape index (κ2) is 7.82. The molecule has 0 aliphatic rings. The molecule has 0 aliphatic heterocycles. The molecule has 7 heteroatoms. The van der Waals surface area contributed by atoms with Crippen molar-refractivity contribution in [1.29, 1.82) is 0 Å². The number of ketones is 1. The molecule has 3 aromatic rings. The molecule has 0 fully saturated rings. The van der Waals surface area contributed by atoms with Crippen LogP contribution in [-0.2, 0) is 9.53 Å². The van der Waals surface area contributed by atoms with Crippen molar-refractivity contribution in [2.45, 2.75) is 13.0 Å². The molecule has 0 saturated heterocycles. The number of aromatic nitrogens is 1. The number of esters is 1. The average molecular weight is 368 g/mol. The molecule has 0 saturated carbocycles. The van der Waals surface area contributed by atoms with E-state index in [0.29, 0.717) is 5.56 Å². The van der Waals surface area contributed by atoms with Crippen LogP contribution >= 0.6 is 0 Å². The molecule has 3 rings (SSSR count). The fraction of sp³-hybridized carbons (Fsp3) is 0.150. The molecule has 0 bridgehead atoms. The molecule has 0 aliphatic carbocycles. The molecule has 1 amide bonds. The number of fused-ring (bicyclic) bond motifs is 1. The molecule has 1 heterocycles. The van der Waals surface area contributed by atoms with E-state index in [1.165, 1.54) is 19.1 Å². The second-order valence-corrected chi connectivity index (χ2v) is 5.93. The molecule has 2 aromatic carbocycles. The maximum absolute atomic E-state index is 12.9. The van der Waals surface area contributed by atoms with Crippen LogP contribution in [0.2, 0.25) is 0 Å². The number of Topliss-reactive ketones (excluding diaryl/α,β-unsaturated/α-hetero) is 1. The first-order valence-electron chi connectivity index (χ1n) is 8.29. The number of benzene rings is 2. The third kappa shape index (κ3) is 4.20. The lowest BCUT2D eigenvalue weighted by Gasteiger charge is -2.12. The number of amides is 1. The number of aromatic amines is 1. The first-order chi connectivity index (χ1) is 13.0. The number of halogens is 1. The molecule has 138 valence electrons. The van der Waals surface area contributed by atoms with Crippen LogP contribution in [0.25, 0.3) is 10.9 Å². The van der Waals surface area contributed by atoms with Gasteiger partial charge in [0.05, 0.1) is 0 Å². The van der Waals surface area contributed by atoms with Crippen molar-refractivity contribution in [3.63, 3.8) is 0 Å². The van der Waals surface area contributed by atoms with Crippen LogP contribution in [0.4, 0.5) is 4.39 Å². The van der Waals surface area contributed by atoms with Gasteiger partial charge in [0, 0.05) is 28.2 Å². The summed E-state index contributed by atoms with van der Waals surface area (Å²) in [6.45, 7) is 1.07. The molecular formula is C20H17FN2O4. The normalized spacial score (nSPS) is 11.8. The van der Waals surface area contributed by atoms with Crippen molar-refractivity contribution in [3.8, 4) is 0 Å². The summed E-state index contributed by atoms with van der Waals surface area (Å²) in [5, 5.41) is 3.12. The Balaban J connectivity index is 1.56. The van der Waals surface area contributed by atoms with Crippen LogP contribution in [0.1, 0.15) is 27.6 Å². The first kappa shape index (κ1) is 18.3. The molecule has 0 spiro atoms. The van der Waals surface area contributed by atoms with E-state index in [-0.39, 0.29) is 11.3 Å². The number of H-pyrrole nitrogens is 1. The van der Waals surface area contributed by atoms with Gasteiger partial charge in [0.15, 0.2) is 6.10 Å². The van der Waals surface area contributed by atoms with Crippen molar-refractivity contribution < 1.29 is 23.5 Å². The Labute approximate surface area is 154 Å². The minimum atomic E-state index is -1.00. The van der Waals surface area contributed by atoms with Crippen molar-refractivity contribution in [3.05, 3.63) is 71.7 Å². The maximum atomic E-state index is 12.9. The summed E-state index contributed by atoms with van der Waals surface area (Å²) in [6.07, 6.45) is 0.577. The Hall–Kier alpha value is -3.48. The van der Waals surface area contributed by atoms with Gasteiger partial charge in [-0.2, -0.15) is 0 Å². The number of carbonyl (C=O) groups excluding carboxylic acids is 3. The van der Waals surface area contributed by atoms with E-state index >= 15 is 0 Å². The van der Waals surface area contributed by atoms with Crippen LogP contribution in [-0.4, -0.2) is 35.3 Å². The summed E-state index contributed by atoms with van der Waals surface area (Å²) >= 11 is 0. The number of rotatable bonds is 6. The van der Waals surface area contributed by atoms with Gasteiger partial charge in [0.25, 0.3) is 5.91 Å². The topological polar surface area (TPSA) is 88.3 Å². The number of ether oxygens (including phenoxy) is 1. The third-order valence-corrected chi connectivity index (χ3v) is 4.03. The molecule has 6 nitrogen and oxygen atoms in total. The minimum absolute atomic E-state index is 0.215. The smallest absolute Gasteiger partial charge is 0.326 e. The van der Waals surface area contributed by atoms with Gasteiger partial charge in [0.1, 0.15) is 12.4 Å². The number of hydrogen-bond donors (Lipinski definition) is 2. The summed E-state index contributed by atoms with van der Waals surface area (Å²) in [7, 11) is 0. The Morgan fingerprint density at radius 2 is 1.81 bits per heavy atom. The Morgan fingerprint density at radius 1 is 1.11 bits per heavy atom. The van der Waals surface area contributed by atoms with Gasteiger partial charge >= 0.3 is 5.97 Å². The van der Waals surface area contributed by atoms with E-state index < -0.39 is 30.3 Å². The lowest BCUT2D eigenvalue weighted by atomic mass is 10.1. The number of carbonyl (C=O) groups is 3. The molecule has 27 heavy (non-hydrogen) atoms. The van der Waals surface area contributed by atoms with Gasteiger partial charge in [0.2, 0.25) is 5.78 Å². The van der Waals surface area contributed by atoms with E-state index in [9.17, 15) is 18.8 Å². The summed E-state index contributed by atoms with van der Waals surface area (Å²) in [4.78, 5) is 39.3. The molecular weight excluding hydrogens is 351 g/mol. The third-order valence-electron chi connectivity index (χ3n) is 4.03. The van der Waals surface area contributed by atoms with Crippen molar-refractivity contribution in [1.82, 2.24) is 10.3 Å². The van der Waals surface area contributed by atoms with Crippen molar-refractivity contribution in [2.24, 2.45) is 0 Å². The number of nitrogens with one attached hydrogen (secondary N) is 2. The zero-order valence-electron chi connectivity index (χ0n) is 14.5. The second-order valence-electron chi connectivity index (χ2n) is 5.93. The van der Waals surface area contributed by atoms with Gasteiger partial charge in [-0.25, -0.2) is 4.39 Å². The molecule has 2 N–H and O–H groups in total. The number of hydrogen-bond acceptors (Lipinski definition) is 4. The highest BCUT2D eigenvalue weighted by Gasteiger charge is 2.22. The predicted octanol–water partition coefficient (Wildman–Crippen LogP) is 2.85. The van der Waals surface area contributed by atoms with Crippen molar-refractivity contribution >= 4 is 28.6 Å². The standard InChI is InChI=1S/C20H17FN2O4/c1-12(19(25)16-10-22-17-5-3-2-4-15(16)17)27-18(24)11-23-20(26)13-6-8-14(21)9-7-13/h2-10,12,22H,11H2,1H3,(H,23,26)/t12-/m1/s1. The van der Waals surface area contributed by atoms with E-state index in [1.807, 2.05) is 18.2 Å². The monoisotopic (exact) mass is 368 g/mol. The van der Waals surface area contributed by atoms with E-state index in [4.69, 9.17) is 4.74 Å².